The Hall–Kier alpha value is -0.150. The highest BCUT2D eigenvalue weighted by Gasteiger charge is 2.50. The van der Waals surface area contributed by atoms with Gasteiger partial charge in [-0.15, -0.1) is 0 Å². The van der Waals surface area contributed by atoms with E-state index in [1.165, 1.54) is 0 Å². The summed E-state index contributed by atoms with van der Waals surface area (Å²) < 4.78 is 0. The quantitative estimate of drug-likeness (QED) is 0.624. The van der Waals surface area contributed by atoms with Gasteiger partial charge in [-0.1, -0.05) is 12.2 Å². The minimum absolute atomic E-state index is 0.0567. The van der Waals surface area contributed by atoms with Gasteiger partial charge in [0.15, 0.2) is 0 Å². The fourth-order valence-corrected chi connectivity index (χ4v) is 3.10. The predicted octanol–water partition coefficient (Wildman–Crippen LogP) is 2.53. The van der Waals surface area contributed by atoms with Crippen molar-refractivity contribution in [3.05, 3.63) is 0 Å². The minimum atomic E-state index is -0.0773. The highest BCUT2D eigenvalue weighted by molar-refractivity contribution is 7.80. The van der Waals surface area contributed by atoms with Crippen LogP contribution in [0.3, 0.4) is 0 Å². The number of rotatable bonds is 0. The van der Waals surface area contributed by atoms with E-state index in [0.717, 1.165) is 4.99 Å². The molecule has 0 atom stereocenters. The van der Waals surface area contributed by atoms with Crippen LogP contribution in [0.25, 0.3) is 0 Å². The molecule has 0 spiro atoms. The second-order valence-corrected chi connectivity index (χ2v) is 6.51. The molecular weight excluding hydrogens is 192 g/mol. The van der Waals surface area contributed by atoms with E-state index in [1.807, 2.05) is 0 Å². The van der Waals surface area contributed by atoms with E-state index in [2.05, 4.69) is 58.7 Å². The van der Waals surface area contributed by atoms with Gasteiger partial charge in [-0.3, -0.25) is 5.32 Å². The van der Waals surface area contributed by atoms with Crippen LogP contribution < -0.4 is 5.32 Å². The first kappa shape index (κ1) is 11.9. The summed E-state index contributed by atoms with van der Waals surface area (Å²) in [6.07, 6.45) is 0. The fraction of sp³-hybridized carbons (Fsp3) is 0.909. The normalized spacial score (nSPS) is 25.6. The van der Waals surface area contributed by atoms with Gasteiger partial charge in [-0.2, -0.15) is 0 Å². The van der Waals surface area contributed by atoms with E-state index < -0.39 is 0 Å². The van der Waals surface area contributed by atoms with E-state index in [9.17, 15) is 0 Å². The third kappa shape index (κ3) is 1.80. The summed E-state index contributed by atoms with van der Waals surface area (Å²) in [6.45, 7) is 15.2. The van der Waals surface area contributed by atoms with Gasteiger partial charge in [-0.25, -0.2) is 0 Å². The maximum Gasteiger partial charge on any atom is 0.0997 e. The first-order valence-corrected chi connectivity index (χ1v) is 5.53. The van der Waals surface area contributed by atoms with Gasteiger partial charge in [0.1, 0.15) is 0 Å². The average molecular weight is 214 g/mol. The molecule has 0 radical (unpaired) electrons. The van der Waals surface area contributed by atoms with E-state index in [1.54, 1.807) is 0 Å². The number of nitrogens with zero attached hydrogens (tertiary/aromatic N) is 1. The molecule has 0 aromatic heterocycles. The molecule has 1 fully saturated rings. The molecule has 0 aromatic rings. The Bertz CT molecular complexity index is 261. The van der Waals surface area contributed by atoms with E-state index in [4.69, 9.17) is 12.2 Å². The van der Waals surface area contributed by atoms with E-state index >= 15 is 0 Å². The van der Waals surface area contributed by atoms with Crippen molar-refractivity contribution in [3.63, 3.8) is 0 Å². The second-order valence-electron chi connectivity index (χ2n) is 6.12. The Labute approximate surface area is 93.1 Å². The van der Waals surface area contributed by atoms with Crippen LogP contribution >= 0.6 is 12.2 Å². The number of hydrogen-bond acceptors (Lipinski definition) is 2. The summed E-state index contributed by atoms with van der Waals surface area (Å²) >= 11 is 5.54. The number of thiocarbonyl (C=S) groups is 1. The summed E-state index contributed by atoms with van der Waals surface area (Å²) in [5.41, 5.74) is -0.0632. The molecule has 1 N–H and O–H groups in total. The predicted molar refractivity (Wildman–Crippen MR) is 65.5 cm³/mol. The Morgan fingerprint density at radius 1 is 1.14 bits per heavy atom. The third-order valence-corrected chi connectivity index (χ3v) is 3.28. The lowest BCUT2D eigenvalue weighted by molar-refractivity contribution is 0.109. The van der Waals surface area contributed by atoms with Crippen molar-refractivity contribution in [3.8, 4) is 0 Å². The molecule has 0 bridgehead atoms. The smallest absolute Gasteiger partial charge is 0.0997 e. The average Bonchev–Trinajstić information content (AvgIpc) is 1.93. The Morgan fingerprint density at radius 2 is 1.57 bits per heavy atom. The molecule has 1 aliphatic rings. The van der Waals surface area contributed by atoms with E-state index in [-0.39, 0.29) is 16.7 Å². The molecule has 3 heteroatoms. The Kier molecular flexibility index (Phi) is 2.49. The molecular formula is C11H22N2S. The molecule has 1 rings (SSSR count). The topological polar surface area (TPSA) is 15.3 Å². The monoisotopic (exact) mass is 214 g/mol. The zero-order chi connectivity index (χ0) is 11.4. The molecule has 1 saturated heterocycles. The van der Waals surface area contributed by atoms with Crippen molar-refractivity contribution in [1.29, 1.82) is 0 Å². The molecule has 1 aliphatic heterocycles. The summed E-state index contributed by atoms with van der Waals surface area (Å²) in [4.78, 5) is 3.31. The molecule has 0 amide bonds. The lowest BCUT2D eigenvalue weighted by atomic mass is 10.0. The zero-order valence-electron chi connectivity index (χ0n) is 10.4. The van der Waals surface area contributed by atoms with Gasteiger partial charge >= 0.3 is 0 Å². The maximum atomic E-state index is 5.54. The summed E-state index contributed by atoms with van der Waals surface area (Å²) in [6, 6.07) is 0. The first-order valence-electron chi connectivity index (χ1n) is 5.12. The van der Waals surface area contributed by atoms with Crippen molar-refractivity contribution in [2.24, 2.45) is 0 Å². The van der Waals surface area contributed by atoms with Gasteiger partial charge in [0.25, 0.3) is 0 Å². The second kappa shape index (κ2) is 2.92. The molecule has 2 nitrogen and oxygen atoms in total. The fourth-order valence-electron chi connectivity index (χ4n) is 2.55. The lowest BCUT2D eigenvalue weighted by Gasteiger charge is -2.43. The van der Waals surface area contributed by atoms with Crippen LogP contribution in [-0.2, 0) is 0 Å². The molecule has 82 valence electrons. The highest BCUT2D eigenvalue weighted by atomic mass is 32.1. The van der Waals surface area contributed by atoms with Crippen molar-refractivity contribution in [1.82, 2.24) is 10.2 Å². The largest absolute Gasteiger partial charge is 0.342 e. The summed E-state index contributed by atoms with van der Waals surface area (Å²) in [5, 5.41) is 3.56. The molecule has 0 unspecified atom stereocenters. The first-order chi connectivity index (χ1) is 5.98. The van der Waals surface area contributed by atoms with Crippen LogP contribution in [0.1, 0.15) is 48.5 Å². The standard InChI is InChI=1S/C11H22N2S/c1-9(2,3)13-8(14)10(4,5)12-11(13,6)7/h12H,1-7H3. The highest BCUT2D eigenvalue weighted by Crippen LogP contribution is 2.34. The third-order valence-electron chi connectivity index (χ3n) is 2.59. The number of nitrogens with one attached hydrogen (secondary N) is 1. The summed E-state index contributed by atoms with van der Waals surface area (Å²) in [7, 11) is 0. The van der Waals surface area contributed by atoms with Crippen LogP contribution in [0.2, 0.25) is 0 Å². The van der Waals surface area contributed by atoms with Crippen molar-refractivity contribution in [2.75, 3.05) is 0 Å². The van der Waals surface area contributed by atoms with Gasteiger partial charge in [0.05, 0.1) is 16.2 Å². The SMILES string of the molecule is CC1(C)NC(C)(C)N(C(C)(C)C)C1=S. The van der Waals surface area contributed by atoms with Crippen LogP contribution in [0.15, 0.2) is 0 Å². The van der Waals surface area contributed by atoms with Gasteiger partial charge in [0.2, 0.25) is 0 Å². The molecule has 0 aliphatic carbocycles. The van der Waals surface area contributed by atoms with Crippen LogP contribution in [0.5, 0.6) is 0 Å². The molecule has 14 heavy (non-hydrogen) atoms. The maximum absolute atomic E-state index is 5.54. The van der Waals surface area contributed by atoms with Crippen molar-refractivity contribution >= 4 is 17.2 Å². The zero-order valence-corrected chi connectivity index (χ0v) is 11.2. The van der Waals surface area contributed by atoms with Gasteiger partial charge in [-0.05, 0) is 48.5 Å². The van der Waals surface area contributed by atoms with Gasteiger partial charge < -0.3 is 4.90 Å². The van der Waals surface area contributed by atoms with Crippen LogP contribution in [-0.4, -0.2) is 26.6 Å². The molecule has 0 saturated carbocycles. The van der Waals surface area contributed by atoms with E-state index in [0.29, 0.717) is 0 Å². The van der Waals surface area contributed by atoms with Gasteiger partial charge in [0, 0.05) is 5.54 Å². The molecule has 1 heterocycles. The lowest BCUT2D eigenvalue weighted by Crippen LogP contribution is -2.55. The Morgan fingerprint density at radius 3 is 1.71 bits per heavy atom. The van der Waals surface area contributed by atoms with Crippen LogP contribution in [0.4, 0.5) is 0 Å². The van der Waals surface area contributed by atoms with Crippen LogP contribution in [0, 0.1) is 0 Å². The number of hydrogen-bond donors (Lipinski definition) is 1. The molecule has 0 aromatic carbocycles. The van der Waals surface area contributed by atoms with Crippen molar-refractivity contribution in [2.45, 2.75) is 65.2 Å². The Balaban J connectivity index is 3.13. The summed E-state index contributed by atoms with van der Waals surface area (Å²) in [5.74, 6) is 0. The minimum Gasteiger partial charge on any atom is -0.342 e. The van der Waals surface area contributed by atoms with Crippen molar-refractivity contribution < 1.29 is 0 Å².